The number of alkyl halides is 4. The van der Waals surface area contributed by atoms with Gasteiger partial charge in [0.15, 0.2) is 0 Å². The van der Waals surface area contributed by atoms with Crippen LogP contribution in [0.1, 0.15) is 63.3 Å². The first-order chi connectivity index (χ1) is 16.2. The number of benzene rings is 2. The molecule has 0 radical (unpaired) electrons. The number of aliphatic hydroxyl groups is 1. The van der Waals surface area contributed by atoms with E-state index in [-0.39, 0.29) is 5.56 Å². The average Bonchev–Trinajstić information content (AvgIpc) is 3.55. The highest BCUT2D eigenvalue weighted by Gasteiger charge is 2.48. The fourth-order valence-corrected chi connectivity index (χ4v) is 3.83. The molecule has 3 N–H and O–H groups in total. The zero-order valence-electron chi connectivity index (χ0n) is 19.8. The van der Waals surface area contributed by atoms with Crippen LogP contribution in [-0.4, -0.2) is 34.4 Å². The molecule has 2 aromatic carbocycles. The fraction of sp³-hybridized carbons (Fsp3) is 0.462. The van der Waals surface area contributed by atoms with Crippen LogP contribution in [0.25, 0.3) is 11.1 Å². The van der Waals surface area contributed by atoms with E-state index < -0.39 is 47.9 Å². The maximum Gasteiger partial charge on any atom is 0.407 e. The summed E-state index contributed by atoms with van der Waals surface area (Å²) in [5, 5.41) is 23.6. The number of nitrogens with one attached hydrogen (secondary N) is 2. The molecule has 2 aromatic rings. The Balaban J connectivity index is 1.85. The fourth-order valence-electron chi connectivity index (χ4n) is 3.83. The molecule has 3 atom stereocenters. The lowest BCUT2D eigenvalue weighted by Gasteiger charge is -2.30. The van der Waals surface area contributed by atoms with Crippen LogP contribution in [0.3, 0.4) is 0 Å². The summed E-state index contributed by atoms with van der Waals surface area (Å²) in [4.78, 5) is 12.8. The third-order valence-corrected chi connectivity index (χ3v) is 6.00. The molecule has 188 valence electrons. The molecule has 1 saturated carbocycles. The Kier molecular flexibility index (Phi) is 7.58. The molecule has 0 bridgehead atoms. The molecule has 1 aliphatic rings. The smallest absolute Gasteiger partial charge is 0.389 e. The van der Waals surface area contributed by atoms with E-state index in [1.807, 2.05) is 6.07 Å². The van der Waals surface area contributed by atoms with E-state index in [1.165, 1.54) is 38.1 Å². The van der Waals surface area contributed by atoms with Crippen LogP contribution in [0.2, 0.25) is 0 Å². The van der Waals surface area contributed by atoms with Crippen LogP contribution in [0.4, 0.5) is 17.6 Å². The normalized spacial score (nSPS) is 17.7. The number of carbonyl (C=O) groups excluding carboxylic acids is 1. The quantitative estimate of drug-likeness (QED) is 0.417. The van der Waals surface area contributed by atoms with Crippen molar-refractivity contribution in [2.45, 2.75) is 75.6 Å². The van der Waals surface area contributed by atoms with Crippen molar-refractivity contribution < 1.29 is 27.5 Å². The molecule has 1 fully saturated rings. The average molecular weight is 492 g/mol. The van der Waals surface area contributed by atoms with E-state index in [0.29, 0.717) is 18.4 Å². The van der Waals surface area contributed by atoms with Gasteiger partial charge < -0.3 is 10.4 Å². The van der Waals surface area contributed by atoms with Crippen molar-refractivity contribution >= 4 is 5.91 Å². The number of hydrogen-bond donors (Lipinski definition) is 3. The molecule has 1 amide bonds. The minimum Gasteiger partial charge on any atom is -0.389 e. The summed E-state index contributed by atoms with van der Waals surface area (Å²) in [6, 6.07) is 11.0. The number of halogens is 4. The topological polar surface area (TPSA) is 85.2 Å². The maximum absolute atomic E-state index is 14.4. The van der Waals surface area contributed by atoms with E-state index in [9.17, 15) is 32.7 Å². The Morgan fingerprint density at radius 1 is 1.03 bits per heavy atom. The third-order valence-electron chi connectivity index (χ3n) is 6.00. The molecule has 5 nitrogen and oxygen atoms in total. The number of hydrogen-bond acceptors (Lipinski definition) is 4. The molecule has 35 heavy (non-hydrogen) atoms. The Bertz CT molecular complexity index is 1060. The molecule has 0 saturated heterocycles. The summed E-state index contributed by atoms with van der Waals surface area (Å²) >= 11 is 0. The number of rotatable bonds is 9. The van der Waals surface area contributed by atoms with Gasteiger partial charge in [0.1, 0.15) is 17.2 Å². The first-order valence-electron chi connectivity index (χ1n) is 11.4. The van der Waals surface area contributed by atoms with Crippen LogP contribution >= 0.6 is 0 Å². The number of carbonyl (C=O) groups is 1. The van der Waals surface area contributed by atoms with Crippen molar-refractivity contribution in [3.8, 4) is 17.2 Å². The first kappa shape index (κ1) is 26.6. The molecule has 0 aromatic heterocycles. The number of nitriles is 1. The van der Waals surface area contributed by atoms with Crippen LogP contribution < -0.4 is 10.6 Å². The Morgan fingerprint density at radius 3 is 1.89 bits per heavy atom. The standard InChI is InChI=1S/C26H29F4N3O2/c1-16(34)17-4-6-18(7-5-17)19-8-10-20(11-9-19)22(26(28,29)30)32-21(14-24(2,3)27)23(35)33-25(15-31)12-13-25/h4-11,16,21-22,32,34H,12-14H2,1-3H3,(H,33,35)/t16?,21-,22-/m0/s1. The Morgan fingerprint density at radius 2 is 1.51 bits per heavy atom. The van der Waals surface area contributed by atoms with Gasteiger partial charge in [0.2, 0.25) is 5.91 Å². The lowest BCUT2D eigenvalue weighted by Crippen LogP contribution is -2.53. The van der Waals surface area contributed by atoms with Gasteiger partial charge in [-0.25, -0.2) is 4.39 Å². The summed E-state index contributed by atoms with van der Waals surface area (Å²) in [5.74, 6) is -0.834. The van der Waals surface area contributed by atoms with Crippen molar-refractivity contribution in [2.75, 3.05) is 0 Å². The van der Waals surface area contributed by atoms with Gasteiger partial charge in [-0.2, -0.15) is 18.4 Å². The van der Waals surface area contributed by atoms with Crippen molar-refractivity contribution in [1.29, 1.82) is 5.26 Å². The number of amides is 1. The second-order valence-electron chi connectivity index (χ2n) is 9.72. The molecule has 9 heteroatoms. The van der Waals surface area contributed by atoms with Gasteiger partial charge in [-0.05, 0) is 55.9 Å². The van der Waals surface area contributed by atoms with Crippen molar-refractivity contribution in [2.24, 2.45) is 0 Å². The largest absolute Gasteiger partial charge is 0.407 e. The van der Waals surface area contributed by atoms with Gasteiger partial charge in [-0.1, -0.05) is 48.5 Å². The number of aliphatic hydroxyl groups excluding tert-OH is 1. The third kappa shape index (κ3) is 7.03. The first-order valence-corrected chi connectivity index (χ1v) is 11.4. The van der Waals surface area contributed by atoms with Crippen LogP contribution in [0.5, 0.6) is 0 Å². The number of nitrogens with zero attached hydrogens (tertiary/aromatic N) is 1. The molecule has 0 spiro atoms. The molecule has 1 aliphatic carbocycles. The summed E-state index contributed by atoms with van der Waals surface area (Å²) in [6.07, 6.45) is -5.08. The van der Waals surface area contributed by atoms with Crippen molar-refractivity contribution in [3.63, 3.8) is 0 Å². The van der Waals surface area contributed by atoms with E-state index >= 15 is 0 Å². The molecular formula is C26H29F4N3O2. The highest BCUT2D eigenvalue weighted by atomic mass is 19.4. The zero-order chi connectivity index (χ0) is 26.0. The SMILES string of the molecule is CC(O)c1ccc(-c2ccc([C@H](N[C@@H](CC(C)(C)F)C(=O)NC3(C#N)CC3)C(F)(F)F)cc2)cc1. The van der Waals surface area contributed by atoms with Crippen LogP contribution in [-0.2, 0) is 4.79 Å². The lowest BCUT2D eigenvalue weighted by molar-refractivity contribution is -0.161. The monoisotopic (exact) mass is 491 g/mol. The highest BCUT2D eigenvalue weighted by Crippen LogP contribution is 2.37. The van der Waals surface area contributed by atoms with E-state index in [0.717, 1.165) is 11.1 Å². The van der Waals surface area contributed by atoms with Crippen LogP contribution in [0, 0.1) is 11.3 Å². The predicted octanol–water partition coefficient (Wildman–Crippen LogP) is 5.28. The predicted molar refractivity (Wildman–Crippen MR) is 124 cm³/mol. The van der Waals surface area contributed by atoms with Crippen LogP contribution in [0.15, 0.2) is 48.5 Å². The summed E-state index contributed by atoms with van der Waals surface area (Å²) in [6.45, 7) is 4.01. The van der Waals surface area contributed by atoms with Gasteiger partial charge in [-0.3, -0.25) is 10.1 Å². The Hall–Kier alpha value is -2.96. The maximum atomic E-state index is 14.4. The van der Waals surface area contributed by atoms with Gasteiger partial charge in [-0.15, -0.1) is 0 Å². The van der Waals surface area contributed by atoms with Gasteiger partial charge in [0.25, 0.3) is 0 Å². The van der Waals surface area contributed by atoms with E-state index in [2.05, 4.69) is 10.6 Å². The zero-order valence-corrected chi connectivity index (χ0v) is 19.8. The molecule has 1 unspecified atom stereocenters. The van der Waals surface area contributed by atoms with E-state index in [1.54, 1.807) is 31.2 Å². The van der Waals surface area contributed by atoms with Gasteiger partial charge in [0.05, 0.1) is 18.2 Å². The second-order valence-corrected chi connectivity index (χ2v) is 9.72. The lowest BCUT2D eigenvalue weighted by atomic mass is 9.96. The second kappa shape index (κ2) is 9.96. The van der Waals surface area contributed by atoms with Crippen molar-refractivity contribution in [1.82, 2.24) is 10.6 Å². The molecule has 0 aliphatic heterocycles. The minimum atomic E-state index is -4.76. The Labute approximate surface area is 202 Å². The summed E-state index contributed by atoms with van der Waals surface area (Å²) < 4.78 is 56.6. The molecule has 0 heterocycles. The molecular weight excluding hydrogens is 462 g/mol. The summed E-state index contributed by atoms with van der Waals surface area (Å²) in [7, 11) is 0. The van der Waals surface area contributed by atoms with Gasteiger partial charge >= 0.3 is 6.18 Å². The van der Waals surface area contributed by atoms with Crippen molar-refractivity contribution in [3.05, 3.63) is 59.7 Å². The van der Waals surface area contributed by atoms with Gasteiger partial charge in [0, 0.05) is 6.42 Å². The minimum absolute atomic E-state index is 0.127. The summed E-state index contributed by atoms with van der Waals surface area (Å²) in [5.41, 5.74) is -0.975. The molecule has 3 rings (SSSR count). The van der Waals surface area contributed by atoms with E-state index in [4.69, 9.17) is 0 Å². The highest BCUT2D eigenvalue weighted by molar-refractivity contribution is 5.83.